The molecule has 2 saturated heterocycles. The Morgan fingerprint density at radius 1 is 0.878 bits per heavy atom. The van der Waals surface area contributed by atoms with Crippen LogP contribution in [0.4, 0.5) is 23.7 Å². The lowest BCUT2D eigenvalue weighted by atomic mass is 9.89. The van der Waals surface area contributed by atoms with E-state index in [0.717, 1.165) is 18.4 Å². The third-order valence-electron chi connectivity index (χ3n) is 7.64. The highest BCUT2D eigenvalue weighted by atomic mass is 19.4. The van der Waals surface area contributed by atoms with Crippen molar-refractivity contribution in [1.29, 1.82) is 0 Å². The van der Waals surface area contributed by atoms with Gasteiger partial charge >= 0.3 is 18.2 Å². The summed E-state index contributed by atoms with van der Waals surface area (Å²) in [6.45, 7) is 2.01. The summed E-state index contributed by atoms with van der Waals surface area (Å²) >= 11 is 0. The number of oxazole rings is 1. The van der Waals surface area contributed by atoms with Crippen LogP contribution >= 0.6 is 0 Å². The van der Waals surface area contributed by atoms with Gasteiger partial charge in [0.1, 0.15) is 0 Å². The Balaban J connectivity index is 1.18. The Morgan fingerprint density at radius 3 is 2.02 bits per heavy atom. The molecule has 2 aliphatic rings. The second-order valence-electron chi connectivity index (χ2n) is 10.3. The van der Waals surface area contributed by atoms with Gasteiger partial charge in [0.25, 0.3) is 5.91 Å². The molecule has 12 heteroatoms. The van der Waals surface area contributed by atoms with Gasteiger partial charge in [-0.05, 0) is 61.4 Å². The molecule has 41 heavy (non-hydrogen) atoms. The van der Waals surface area contributed by atoms with Gasteiger partial charge in [-0.3, -0.25) is 9.59 Å². The minimum absolute atomic E-state index is 0.0631. The van der Waals surface area contributed by atoms with Gasteiger partial charge in [-0.15, -0.1) is 0 Å². The van der Waals surface area contributed by atoms with E-state index in [2.05, 4.69) is 10.3 Å². The number of urea groups is 1. The number of nitrogens with zero attached hydrogens (tertiary/aromatic N) is 3. The maximum absolute atomic E-state index is 13.6. The van der Waals surface area contributed by atoms with Gasteiger partial charge < -0.3 is 24.6 Å². The second kappa shape index (κ2) is 11.6. The molecule has 0 unspecified atom stereocenters. The van der Waals surface area contributed by atoms with Crippen molar-refractivity contribution in [3.63, 3.8) is 0 Å². The minimum Gasteiger partial charge on any atom is -0.481 e. The van der Waals surface area contributed by atoms with Crippen LogP contribution in [-0.4, -0.2) is 64.0 Å². The van der Waals surface area contributed by atoms with Crippen LogP contribution < -0.4 is 5.32 Å². The number of carbonyl (C=O) groups excluding carboxylic acids is 2. The summed E-state index contributed by atoms with van der Waals surface area (Å²) < 4.78 is 45.8. The summed E-state index contributed by atoms with van der Waals surface area (Å²) in [4.78, 5) is 44.2. The third-order valence-corrected chi connectivity index (χ3v) is 7.64. The van der Waals surface area contributed by atoms with Gasteiger partial charge in [0, 0.05) is 37.4 Å². The van der Waals surface area contributed by atoms with E-state index in [0.29, 0.717) is 50.3 Å². The van der Waals surface area contributed by atoms with Crippen LogP contribution in [0.2, 0.25) is 0 Å². The predicted molar refractivity (Wildman–Crippen MR) is 142 cm³/mol. The molecule has 3 aromatic rings. The zero-order chi connectivity index (χ0) is 29.1. The van der Waals surface area contributed by atoms with Gasteiger partial charge in [-0.25, -0.2) is 9.78 Å². The molecule has 0 saturated carbocycles. The molecular weight excluding hydrogens is 541 g/mol. The number of benzene rings is 2. The van der Waals surface area contributed by atoms with Crippen molar-refractivity contribution in [2.45, 2.75) is 37.8 Å². The normalized spacial score (nSPS) is 17.0. The number of halogens is 3. The monoisotopic (exact) mass is 570 g/mol. The number of carbonyl (C=O) groups is 3. The number of aromatic nitrogens is 1. The number of rotatable bonds is 5. The first kappa shape index (κ1) is 28.2. The topological polar surface area (TPSA) is 116 Å². The van der Waals surface area contributed by atoms with Crippen LogP contribution in [0.15, 0.2) is 59.0 Å². The second-order valence-corrected chi connectivity index (χ2v) is 10.3. The number of piperidine rings is 2. The van der Waals surface area contributed by atoms with Crippen molar-refractivity contribution in [2.24, 2.45) is 5.92 Å². The molecule has 2 fully saturated rings. The maximum atomic E-state index is 13.6. The quantitative estimate of drug-likeness (QED) is 0.406. The van der Waals surface area contributed by atoms with Crippen molar-refractivity contribution >= 4 is 23.6 Å². The van der Waals surface area contributed by atoms with Gasteiger partial charge in [0.2, 0.25) is 11.7 Å². The summed E-state index contributed by atoms with van der Waals surface area (Å²) in [6, 6.07) is 14.9. The molecule has 2 N–H and O–H groups in total. The smallest absolute Gasteiger partial charge is 0.452 e. The molecule has 216 valence electrons. The molecule has 5 rings (SSSR count). The van der Waals surface area contributed by atoms with Gasteiger partial charge in [0.05, 0.1) is 5.92 Å². The van der Waals surface area contributed by atoms with E-state index in [1.54, 1.807) is 40.1 Å². The molecule has 2 aliphatic heterocycles. The van der Waals surface area contributed by atoms with Crippen molar-refractivity contribution in [1.82, 2.24) is 14.8 Å². The van der Waals surface area contributed by atoms with E-state index in [1.165, 1.54) is 12.1 Å². The first-order chi connectivity index (χ1) is 19.6. The summed E-state index contributed by atoms with van der Waals surface area (Å²) in [5.41, 5.74) is 0.788. The molecule has 2 aromatic carbocycles. The number of carboxylic acids is 1. The van der Waals surface area contributed by atoms with Crippen molar-refractivity contribution in [2.75, 3.05) is 31.5 Å². The van der Waals surface area contributed by atoms with Crippen LogP contribution in [-0.2, 0) is 11.0 Å². The van der Waals surface area contributed by atoms with Crippen LogP contribution in [0.25, 0.3) is 11.5 Å². The van der Waals surface area contributed by atoms with Crippen LogP contribution in [0.1, 0.15) is 53.4 Å². The highest BCUT2D eigenvalue weighted by Gasteiger charge is 2.42. The lowest BCUT2D eigenvalue weighted by Gasteiger charge is -2.38. The molecule has 0 atom stereocenters. The van der Waals surface area contributed by atoms with Crippen LogP contribution in [0, 0.1) is 5.92 Å². The Hall–Kier alpha value is -4.35. The molecule has 0 spiro atoms. The lowest BCUT2D eigenvalue weighted by molar-refractivity contribution is -0.153. The van der Waals surface area contributed by atoms with Gasteiger partial charge in [-0.2, -0.15) is 13.2 Å². The molecule has 0 aliphatic carbocycles. The molecule has 3 heterocycles. The summed E-state index contributed by atoms with van der Waals surface area (Å²) in [5, 5.41) is 11.6. The molecule has 9 nitrogen and oxygen atoms in total. The fourth-order valence-corrected chi connectivity index (χ4v) is 5.32. The van der Waals surface area contributed by atoms with Crippen molar-refractivity contribution < 1.29 is 37.1 Å². The van der Waals surface area contributed by atoms with Crippen molar-refractivity contribution in [3.05, 3.63) is 71.6 Å². The van der Waals surface area contributed by atoms with E-state index in [4.69, 9.17) is 9.52 Å². The van der Waals surface area contributed by atoms with E-state index >= 15 is 0 Å². The lowest BCUT2D eigenvalue weighted by Crippen LogP contribution is -2.49. The average molecular weight is 571 g/mol. The fourth-order valence-electron chi connectivity index (χ4n) is 5.32. The zero-order valence-electron chi connectivity index (χ0n) is 22.1. The number of hydrogen-bond acceptors (Lipinski definition) is 5. The first-order valence-corrected chi connectivity index (χ1v) is 13.4. The number of aliphatic carboxylic acids is 1. The summed E-state index contributed by atoms with van der Waals surface area (Å²) in [6.07, 6.45) is -2.51. The number of carboxylic acid groups (broad SMARTS) is 1. The SMILES string of the molecule is O=C(Nc1ccc(C2CCN(C(=O)N3CCC(C(=O)O)CC3)CC2)cc1)c1nc(-c2ccccc2)oc1C(F)(F)F. The third kappa shape index (κ3) is 6.36. The number of likely N-dealkylation sites (tertiary alicyclic amines) is 2. The van der Waals surface area contributed by atoms with E-state index in [-0.39, 0.29) is 17.8 Å². The molecule has 3 amide bonds. The largest absolute Gasteiger partial charge is 0.481 e. The molecule has 0 bridgehead atoms. The first-order valence-electron chi connectivity index (χ1n) is 13.4. The fraction of sp³-hybridized carbons (Fsp3) is 0.379. The predicted octanol–water partition coefficient (Wildman–Crippen LogP) is 5.71. The number of amides is 3. The molecular formula is C29H29F3N4O5. The number of alkyl halides is 3. The number of nitrogens with one attached hydrogen (secondary N) is 1. The standard InChI is InChI=1S/C29H29F3N4O5/c30-29(31,32)24-23(34-26(41-24)20-4-2-1-3-5-20)25(37)33-22-8-6-18(7-9-22)19-10-14-35(15-11-19)28(40)36-16-12-21(13-17-36)27(38)39/h1-9,19,21H,10-17H2,(H,33,37)(H,38,39). The average Bonchev–Trinajstić information content (AvgIpc) is 3.45. The Kier molecular flexibility index (Phi) is 8.00. The minimum atomic E-state index is -4.90. The Labute approximate surface area is 234 Å². The summed E-state index contributed by atoms with van der Waals surface area (Å²) in [5.74, 6) is -3.82. The van der Waals surface area contributed by atoms with Crippen LogP contribution in [0.3, 0.4) is 0 Å². The highest BCUT2D eigenvalue weighted by molar-refractivity contribution is 6.04. The van der Waals surface area contributed by atoms with Gasteiger partial charge in [0.15, 0.2) is 5.69 Å². The van der Waals surface area contributed by atoms with E-state index in [9.17, 15) is 27.6 Å². The molecule has 0 radical (unpaired) electrons. The Bertz CT molecular complexity index is 1390. The highest BCUT2D eigenvalue weighted by Crippen LogP contribution is 2.36. The van der Waals surface area contributed by atoms with Crippen molar-refractivity contribution in [3.8, 4) is 11.5 Å². The van der Waals surface area contributed by atoms with E-state index in [1.807, 2.05) is 12.1 Å². The summed E-state index contributed by atoms with van der Waals surface area (Å²) in [7, 11) is 0. The Morgan fingerprint density at radius 2 is 1.46 bits per heavy atom. The van der Waals surface area contributed by atoms with E-state index < -0.39 is 35.4 Å². The zero-order valence-corrected chi connectivity index (χ0v) is 22.1. The maximum Gasteiger partial charge on any atom is 0.452 e. The molecule has 1 aromatic heterocycles. The number of anilines is 1. The van der Waals surface area contributed by atoms with Crippen LogP contribution in [0.5, 0.6) is 0 Å². The number of hydrogen-bond donors (Lipinski definition) is 2. The van der Waals surface area contributed by atoms with Gasteiger partial charge in [-0.1, -0.05) is 30.3 Å².